The van der Waals surface area contributed by atoms with Gasteiger partial charge in [-0.25, -0.2) is 4.39 Å². The van der Waals surface area contributed by atoms with Crippen LogP contribution in [0.1, 0.15) is 56.3 Å². The van der Waals surface area contributed by atoms with E-state index in [0.29, 0.717) is 25.3 Å². The highest BCUT2D eigenvalue weighted by atomic mass is 19.1. The second kappa shape index (κ2) is 10.8. The van der Waals surface area contributed by atoms with Crippen LogP contribution < -0.4 is 10.1 Å². The molecule has 2 aliphatic heterocycles. The van der Waals surface area contributed by atoms with Gasteiger partial charge in [0.25, 0.3) is 5.91 Å². The topological polar surface area (TPSA) is 61.9 Å². The van der Waals surface area contributed by atoms with Crippen molar-refractivity contribution in [2.24, 2.45) is 5.41 Å². The number of amides is 2. The van der Waals surface area contributed by atoms with Crippen molar-refractivity contribution in [3.8, 4) is 5.75 Å². The fourth-order valence-electron chi connectivity index (χ4n) is 4.93. The van der Waals surface area contributed by atoms with Crippen molar-refractivity contribution in [3.63, 3.8) is 0 Å². The van der Waals surface area contributed by atoms with Crippen molar-refractivity contribution in [1.29, 1.82) is 0 Å². The summed E-state index contributed by atoms with van der Waals surface area (Å²) in [5, 5.41) is 2.92. The minimum absolute atomic E-state index is 0.0149. The van der Waals surface area contributed by atoms with Crippen molar-refractivity contribution < 1.29 is 18.7 Å². The minimum atomic E-state index is -0.565. The van der Waals surface area contributed by atoms with Gasteiger partial charge < -0.3 is 19.9 Å². The van der Waals surface area contributed by atoms with Crippen molar-refractivity contribution >= 4 is 11.8 Å². The lowest BCUT2D eigenvalue weighted by atomic mass is 9.85. The third kappa shape index (κ3) is 6.20. The molecule has 1 fully saturated rings. The van der Waals surface area contributed by atoms with Crippen LogP contribution in [0.2, 0.25) is 0 Å². The van der Waals surface area contributed by atoms with Gasteiger partial charge in [0.1, 0.15) is 11.6 Å². The van der Waals surface area contributed by atoms with Crippen molar-refractivity contribution in [3.05, 3.63) is 65.0 Å². The van der Waals surface area contributed by atoms with Crippen molar-refractivity contribution in [1.82, 2.24) is 15.1 Å². The smallest absolute Gasteiger partial charge is 0.257 e. The summed E-state index contributed by atoms with van der Waals surface area (Å²) in [5.74, 6) is 0.0786. The highest BCUT2D eigenvalue weighted by Crippen LogP contribution is 2.39. The fourth-order valence-corrected chi connectivity index (χ4v) is 4.93. The van der Waals surface area contributed by atoms with Crippen LogP contribution in [-0.4, -0.2) is 60.9 Å². The highest BCUT2D eigenvalue weighted by molar-refractivity contribution is 5.83. The summed E-state index contributed by atoms with van der Waals surface area (Å²) < 4.78 is 20.0. The summed E-state index contributed by atoms with van der Waals surface area (Å²) in [4.78, 5) is 29.8. The second-order valence-corrected chi connectivity index (χ2v) is 10.5. The molecule has 2 aromatic rings. The Morgan fingerprint density at radius 3 is 2.57 bits per heavy atom. The third-order valence-electron chi connectivity index (χ3n) is 6.73. The predicted molar refractivity (Wildman–Crippen MR) is 134 cm³/mol. The van der Waals surface area contributed by atoms with Crippen molar-refractivity contribution in [2.75, 3.05) is 39.3 Å². The first-order valence-corrected chi connectivity index (χ1v) is 12.5. The first-order valence-electron chi connectivity index (χ1n) is 12.5. The van der Waals surface area contributed by atoms with E-state index in [1.54, 1.807) is 6.07 Å². The van der Waals surface area contributed by atoms with E-state index in [-0.39, 0.29) is 24.2 Å². The molecule has 0 saturated carbocycles. The van der Waals surface area contributed by atoms with Crippen LogP contribution in [0.25, 0.3) is 0 Å². The molecular weight excluding hydrogens is 445 g/mol. The molecule has 1 saturated heterocycles. The van der Waals surface area contributed by atoms with E-state index in [4.69, 9.17) is 4.74 Å². The lowest BCUT2D eigenvalue weighted by molar-refractivity contribution is -0.141. The zero-order chi connectivity index (χ0) is 25.0. The summed E-state index contributed by atoms with van der Waals surface area (Å²) in [5.41, 5.74) is 2.16. The molecule has 0 radical (unpaired) electrons. The molecule has 6 nitrogen and oxygen atoms in total. The Labute approximate surface area is 207 Å². The molecule has 2 aromatic carbocycles. The number of fused-ring (bicyclic) bond motifs is 1. The van der Waals surface area contributed by atoms with E-state index in [2.05, 4.69) is 10.2 Å². The maximum absolute atomic E-state index is 14.2. The second-order valence-electron chi connectivity index (χ2n) is 10.5. The maximum Gasteiger partial charge on any atom is 0.257 e. The van der Waals surface area contributed by atoms with Crippen LogP contribution in [0.5, 0.6) is 5.75 Å². The first kappa shape index (κ1) is 25.2. The summed E-state index contributed by atoms with van der Waals surface area (Å²) in [6.45, 7) is 9.85. The number of hydrogen-bond donors (Lipinski definition) is 1. The Morgan fingerprint density at radius 1 is 1.09 bits per heavy atom. The number of nitrogens with one attached hydrogen (secondary N) is 1. The predicted octanol–water partition coefficient (Wildman–Crippen LogP) is 3.94. The van der Waals surface area contributed by atoms with Gasteiger partial charge in [0.2, 0.25) is 5.91 Å². The number of hydrogen-bond acceptors (Lipinski definition) is 4. The lowest BCUT2D eigenvalue weighted by Gasteiger charge is -2.41. The van der Waals surface area contributed by atoms with E-state index in [1.165, 1.54) is 25.0 Å². The summed E-state index contributed by atoms with van der Waals surface area (Å²) >= 11 is 0. The van der Waals surface area contributed by atoms with E-state index < -0.39 is 11.5 Å². The first-order chi connectivity index (χ1) is 16.7. The van der Waals surface area contributed by atoms with Crippen LogP contribution in [0.3, 0.4) is 0 Å². The molecular formula is C28H36FN3O3. The summed E-state index contributed by atoms with van der Waals surface area (Å²) in [6.07, 6.45) is 3.16. The van der Waals surface area contributed by atoms with Gasteiger partial charge in [0, 0.05) is 25.0 Å². The quantitative estimate of drug-likeness (QED) is 0.651. The molecule has 35 heavy (non-hydrogen) atoms. The molecule has 2 amide bonds. The van der Waals surface area contributed by atoms with Crippen molar-refractivity contribution in [2.45, 2.75) is 46.1 Å². The van der Waals surface area contributed by atoms with Gasteiger partial charge in [-0.15, -0.1) is 0 Å². The number of ether oxygens (including phenoxy) is 1. The van der Waals surface area contributed by atoms with Gasteiger partial charge in [-0.05, 0) is 73.3 Å². The number of carbonyl (C=O) groups excluding carboxylic acids is 2. The molecule has 1 unspecified atom stereocenters. The Balaban J connectivity index is 1.50. The Morgan fingerprint density at radius 2 is 1.86 bits per heavy atom. The maximum atomic E-state index is 14.2. The van der Waals surface area contributed by atoms with Gasteiger partial charge in [0.05, 0.1) is 6.04 Å². The van der Waals surface area contributed by atoms with E-state index in [0.717, 1.165) is 36.3 Å². The van der Waals surface area contributed by atoms with Gasteiger partial charge in [-0.1, -0.05) is 39.0 Å². The molecule has 0 bridgehead atoms. The van der Waals surface area contributed by atoms with Gasteiger partial charge in [-0.2, -0.15) is 0 Å². The minimum Gasteiger partial charge on any atom is -0.484 e. The fraction of sp³-hybridized carbons (Fsp3) is 0.500. The summed E-state index contributed by atoms with van der Waals surface area (Å²) in [7, 11) is 0. The molecule has 7 heteroatoms. The zero-order valence-electron chi connectivity index (χ0n) is 21.0. The average molecular weight is 482 g/mol. The number of halogens is 1. The van der Waals surface area contributed by atoms with Gasteiger partial charge in [0.15, 0.2) is 6.61 Å². The molecule has 2 heterocycles. The Bertz CT molecular complexity index is 1060. The summed E-state index contributed by atoms with van der Waals surface area (Å²) in [6, 6.07) is 11.7. The van der Waals surface area contributed by atoms with E-state index in [1.807, 2.05) is 49.9 Å². The normalized spacial score (nSPS) is 18.3. The van der Waals surface area contributed by atoms with E-state index >= 15 is 0 Å². The molecule has 0 spiro atoms. The van der Waals surface area contributed by atoms with Crippen LogP contribution in [-0.2, 0) is 16.0 Å². The Kier molecular flexibility index (Phi) is 7.75. The van der Waals surface area contributed by atoms with Crippen LogP contribution in [0, 0.1) is 11.2 Å². The number of carbonyl (C=O) groups is 2. The van der Waals surface area contributed by atoms with Crippen LogP contribution >= 0.6 is 0 Å². The van der Waals surface area contributed by atoms with Gasteiger partial charge >= 0.3 is 0 Å². The third-order valence-corrected chi connectivity index (χ3v) is 6.73. The average Bonchev–Trinajstić information content (AvgIpc) is 3.34. The molecule has 2 aliphatic rings. The number of benzene rings is 2. The van der Waals surface area contributed by atoms with E-state index in [9.17, 15) is 14.0 Å². The molecule has 188 valence electrons. The molecule has 1 N–H and O–H groups in total. The number of likely N-dealkylation sites (tertiary alicyclic amines) is 1. The highest BCUT2D eigenvalue weighted by Gasteiger charge is 2.37. The SMILES string of the molecule is CC(C)(C)C(=O)N1CCc2ccc(OCC(=O)NCCN3CCCC3)cc2C1c1cccc(F)c1. The molecule has 4 rings (SSSR count). The van der Waals surface area contributed by atoms with Gasteiger partial charge in [-0.3, -0.25) is 9.59 Å². The standard InChI is InChI=1S/C28H36FN3O3/c1-28(2,3)27(34)32-15-11-20-9-10-23(18-24(20)26(32)21-7-6-8-22(29)17-21)35-19-25(33)30-12-16-31-13-4-5-14-31/h6-10,17-18,26H,4-5,11-16,19H2,1-3H3,(H,30,33). The lowest BCUT2D eigenvalue weighted by Crippen LogP contribution is -2.45. The monoisotopic (exact) mass is 481 g/mol. The molecule has 0 aromatic heterocycles. The molecule has 0 aliphatic carbocycles. The van der Waals surface area contributed by atoms with Crippen LogP contribution in [0.4, 0.5) is 4.39 Å². The largest absolute Gasteiger partial charge is 0.484 e. The van der Waals surface area contributed by atoms with Crippen LogP contribution in [0.15, 0.2) is 42.5 Å². The zero-order valence-corrected chi connectivity index (χ0v) is 21.0. The number of nitrogens with zero attached hydrogens (tertiary/aromatic N) is 2. The Hall–Kier alpha value is -2.93. The number of rotatable bonds is 7. The molecule has 1 atom stereocenters.